The lowest BCUT2D eigenvalue weighted by atomic mass is 9.78. The number of carbonyl (C=O) groups is 1. The molecule has 0 spiro atoms. The van der Waals surface area contributed by atoms with E-state index in [1.807, 2.05) is 24.4 Å². The van der Waals surface area contributed by atoms with E-state index in [1.54, 1.807) is 0 Å². The van der Waals surface area contributed by atoms with Crippen LogP contribution in [0, 0.1) is 0 Å². The third-order valence-corrected chi connectivity index (χ3v) is 5.57. The van der Waals surface area contributed by atoms with Gasteiger partial charge in [-0.15, -0.1) is 0 Å². The maximum Gasteiger partial charge on any atom is 0.176 e. The van der Waals surface area contributed by atoms with Crippen molar-refractivity contribution in [2.75, 3.05) is 6.54 Å². The summed E-state index contributed by atoms with van der Waals surface area (Å²) in [6.07, 6.45) is 4.28. The van der Waals surface area contributed by atoms with Gasteiger partial charge in [0, 0.05) is 29.4 Å². The zero-order valence-corrected chi connectivity index (χ0v) is 18.6. The predicted octanol–water partition coefficient (Wildman–Crippen LogP) is 5.23. The molecule has 0 saturated heterocycles. The quantitative estimate of drug-likeness (QED) is 0.658. The SMILES string of the molecule is CC(C)(C)c1cc(C(=O)CNCc2ncccc2C2CC2)cc(C(C)(C)C)c1O. The molecular weight excluding hydrogens is 360 g/mol. The third-order valence-electron chi connectivity index (χ3n) is 5.57. The molecule has 0 unspecified atom stereocenters. The van der Waals surface area contributed by atoms with Gasteiger partial charge in [-0.1, -0.05) is 47.6 Å². The van der Waals surface area contributed by atoms with Crippen LogP contribution in [-0.4, -0.2) is 22.4 Å². The Morgan fingerprint density at radius 1 is 1.10 bits per heavy atom. The Morgan fingerprint density at radius 2 is 1.69 bits per heavy atom. The second kappa shape index (κ2) is 7.91. The van der Waals surface area contributed by atoms with Crippen LogP contribution >= 0.6 is 0 Å². The number of hydrogen-bond acceptors (Lipinski definition) is 4. The number of aromatic nitrogens is 1. The van der Waals surface area contributed by atoms with Crippen LogP contribution in [0.2, 0.25) is 0 Å². The van der Waals surface area contributed by atoms with Gasteiger partial charge < -0.3 is 10.4 Å². The molecule has 0 amide bonds. The Kier molecular flexibility index (Phi) is 5.86. The first kappa shape index (κ1) is 21.5. The third kappa shape index (κ3) is 5.05. The average molecular weight is 395 g/mol. The van der Waals surface area contributed by atoms with Crippen LogP contribution in [0.5, 0.6) is 5.75 Å². The number of carbonyl (C=O) groups excluding carboxylic acids is 1. The van der Waals surface area contributed by atoms with Gasteiger partial charge in [0.25, 0.3) is 0 Å². The first-order valence-electron chi connectivity index (χ1n) is 10.5. The van der Waals surface area contributed by atoms with Crippen molar-refractivity contribution in [3.63, 3.8) is 0 Å². The van der Waals surface area contributed by atoms with Gasteiger partial charge in [0.2, 0.25) is 0 Å². The van der Waals surface area contributed by atoms with Crippen LogP contribution in [-0.2, 0) is 17.4 Å². The van der Waals surface area contributed by atoms with E-state index in [4.69, 9.17) is 0 Å². The van der Waals surface area contributed by atoms with E-state index in [1.165, 1.54) is 18.4 Å². The molecule has 1 saturated carbocycles. The largest absolute Gasteiger partial charge is 0.507 e. The molecule has 2 aromatic rings. The van der Waals surface area contributed by atoms with Gasteiger partial charge >= 0.3 is 0 Å². The molecule has 1 fully saturated rings. The highest BCUT2D eigenvalue weighted by molar-refractivity contribution is 5.98. The van der Waals surface area contributed by atoms with Crippen molar-refractivity contribution in [1.29, 1.82) is 0 Å². The highest BCUT2D eigenvalue weighted by Gasteiger charge is 2.28. The molecule has 4 nitrogen and oxygen atoms in total. The van der Waals surface area contributed by atoms with Gasteiger partial charge in [0.05, 0.1) is 12.2 Å². The van der Waals surface area contributed by atoms with Crippen LogP contribution < -0.4 is 5.32 Å². The van der Waals surface area contributed by atoms with E-state index < -0.39 is 0 Å². The molecule has 0 atom stereocenters. The summed E-state index contributed by atoms with van der Waals surface area (Å²) in [4.78, 5) is 17.5. The highest BCUT2D eigenvalue weighted by Crippen LogP contribution is 2.41. The molecule has 156 valence electrons. The van der Waals surface area contributed by atoms with Crippen LogP contribution in [0.25, 0.3) is 0 Å². The molecule has 29 heavy (non-hydrogen) atoms. The van der Waals surface area contributed by atoms with E-state index >= 15 is 0 Å². The second-order valence-electron chi connectivity index (χ2n) is 10.3. The molecule has 0 aliphatic heterocycles. The maximum absolute atomic E-state index is 13.0. The number of benzene rings is 1. The van der Waals surface area contributed by atoms with Gasteiger partial charge in [-0.25, -0.2) is 0 Å². The fourth-order valence-electron chi connectivity index (χ4n) is 3.70. The van der Waals surface area contributed by atoms with E-state index in [-0.39, 0.29) is 23.2 Å². The Balaban J connectivity index is 1.78. The summed E-state index contributed by atoms with van der Waals surface area (Å²) in [6, 6.07) is 7.84. The molecule has 0 radical (unpaired) electrons. The minimum Gasteiger partial charge on any atom is -0.507 e. The van der Waals surface area contributed by atoms with Crippen molar-refractivity contribution in [1.82, 2.24) is 10.3 Å². The Hall–Kier alpha value is -2.20. The predicted molar refractivity (Wildman–Crippen MR) is 118 cm³/mol. The summed E-state index contributed by atoms with van der Waals surface area (Å²) in [7, 11) is 0. The summed E-state index contributed by atoms with van der Waals surface area (Å²) in [5.41, 5.74) is 4.13. The van der Waals surface area contributed by atoms with Crippen LogP contribution in [0.4, 0.5) is 0 Å². The fraction of sp³-hybridized carbons (Fsp3) is 0.520. The number of phenols is 1. The lowest BCUT2D eigenvalue weighted by molar-refractivity contribution is 0.0990. The molecule has 1 aliphatic rings. The molecule has 1 heterocycles. The monoisotopic (exact) mass is 394 g/mol. The number of ketones is 1. The molecule has 1 aliphatic carbocycles. The number of aromatic hydroxyl groups is 1. The van der Waals surface area contributed by atoms with Crippen LogP contribution in [0.15, 0.2) is 30.5 Å². The van der Waals surface area contributed by atoms with Crippen molar-refractivity contribution < 1.29 is 9.90 Å². The van der Waals surface area contributed by atoms with Crippen molar-refractivity contribution in [3.8, 4) is 5.75 Å². The number of phenolic OH excluding ortho intramolecular Hbond substituents is 1. The lowest BCUT2D eigenvalue weighted by Gasteiger charge is -2.28. The highest BCUT2D eigenvalue weighted by atomic mass is 16.3. The minimum atomic E-state index is -0.249. The topological polar surface area (TPSA) is 62.2 Å². The Morgan fingerprint density at radius 3 is 2.21 bits per heavy atom. The van der Waals surface area contributed by atoms with Gasteiger partial charge in [-0.2, -0.15) is 0 Å². The summed E-state index contributed by atoms with van der Waals surface area (Å²) >= 11 is 0. The van der Waals surface area contributed by atoms with Crippen LogP contribution in [0.3, 0.4) is 0 Å². The van der Waals surface area contributed by atoms with Crippen molar-refractivity contribution in [3.05, 3.63) is 58.4 Å². The number of Topliss-reactive ketones (excluding diaryl/α,β-unsaturated/α-hetero) is 1. The fourth-order valence-corrected chi connectivity index (χ4v) is 3.70. The van der Waals surface area contributed by atoms with Gasteiger partial charge in [-0.3, -0.25) is 9.78 Å². The second-order valence-corrected chi connectivity index (χ2v) is 10.3. The number of nitrogens with zero attached hydrogens (tertiary/aromatic N) is 1. The Bertz CT molecular complexity index is 865. The normalized spacial score (nSPS) is 14.8. The molecule has 4 heteroatoms. The smallest absolute Gasteiger partial charge is 0.176 e. The van der Waals surface area contributed by atoms with Crippen molar-refractivity contribution in [2.24, 2.45) is 0 Å². The zero-order valence-electron chi connectivity index (χ0n) is 18.6. The Labute approximate surface area is 174 Å². The van der Waals surface area contributed by atoms with E-state index in [0.29, 0.717) is 23.8 Å². The molecule has 1 aromatic carbocycles. The number of nitrogens with one attached hydrogen (secondary N) is 1. The van der Waals surface area contributed by atoms with E-state index in [0.717, 1.165) is 16.8 Å². The summed E-state index contributed by atoms with van der Waals surface area (Å²) in [5.74, 6) is 0.971. The minimum absolute atomic E-state index is 0.0323. The summed E-state index contributed by atoms with van der Waals surface area (Å²) in [5, 5.41) is 14.1. The van der Waals surface area contributed by atoms with Crippen LogP contribution in [0.1, 0.15) is 93.0 Å². The standard InChI is InChI=1S/C25H34N2O2/c1-24(2,3)19-12-17(13-20(23(19)29)25(4,5)6)22(28)15-26-14-21-18(16-9-10-16)8-7-11-27-21/h7-8,11-13,16,26,29H,9-10,14-15H2,1-6H3. The number of rotatable bonds is 6. The number of pyridine rings is 1. The van der Waals surface area contributed by atoms with Gasteiger partial charge in [-0.05, 0) is 53.4 Å². The average Bonchev–Trinajstić information content (AvgIpc) is 3.45. The molecule has 1 aromatic heterocycles. The molecule has 3 rings (SSSR count). The molecule has 0 bridgehead atoms. The molecule has 2 N–H and O–H groups in total. The number of hydrogen-bond donors (Lipinski definition) is 2. The first-order chi connectivity index (χ1) is 13.5. The summed E-state index contributed by atoms with van der Waals surface area (Å²) < 4.78 is 0. The van der Waals surface area contributed by atoms with E-state index in [9.17, 15) is 9.90 Å². The summed E-state index contributed by atoms with van der Waals surface area (Å²) in [6.45, 7) is 13.2. The van der Waals surface area contributed by atoms with Gasteiger partial charge in [0.15, 0.2) is 5.78 Å². The van der Waals surface area contributed by atoms with Gasteiger partial charge in [0.1, 0.15) is 5.75 Å². The first-order valence-corrected chi connectivity index (χ1v) is 10.5. The zero-order chi connectivity index (χ0) is 21.4. The maximum atomic E-state index is 13.0. The molecular formula is C25H34N2O2. The van der Waals surface area contributed by atoms with Crippen molar-refractivity contribution in [2.45, 2.75) is 77.7 Å². The van der Waals surface area contributed by atoms with E-state index in [2.05, 4.69) is 57.9 Å². The lowest BCUT2D eigenvalue weighted by Crippen LogP contribution is -2.25. The van der Waals surface area contributed by atoms with Crippen molar-refractivity contribution >= 4 is 5.78 Å².